The lowest BCUT2D eigenvalue weighted by molar-refractivity contribution is -0.120. The van der Waals surface area contributed by atoms with Crippen LogP contribution in [0.2, 0.25) is 0 Å². The number of allylic oxidation sites excluding steroid dienone is 2. The van der Waals surface area contributed by atoms with E-state index in [1.54, 1.807) is 0 Å². The molecule has 0 unspecified atom stereocenters. The van der Waals surface area contributed by atoms with Gasteiger partial charge >= 0.3 is 0 Å². The summed E-state index contributed by atoms with van der Waals surface area (Å²) in [7, 11) is 0. The fraction of sp³-hybridized carbons (Fsp3) is 0.750. The van der Waals surface area contributed by atoms with Gasteiger partial charge in [0.05, 0.1) is 0 Å². The normalized spacial score (nSPS) is 26.6. The van der Waals surface area contributed by atoms with Gasteiger partial charge in [0.15, 0.2) is 0 Å². The molecule has 1 nitrogen and oxygen atoms in total. The maximum atomic E-state index is 11.5. The molecule has 0 amide bonds. The molecule has 1 aliphatic carbocycles. The number of carbonyl (C=O) groups is 1. The largest absolute Gasteiger partial charge is 0.299 e. The van der Waals surface area contributed by atoms with Crippen molar-refractivity contribution in [2.75, 3.05) is 0 Å². The molecule has 1 rings (SSSR count). The Morgan fingerprint density at radius 1 is 1.46 bits per heavy atom. The fourth-order valence-corrected chi connectivity index (χ4v) is 1.78. The number of rotatable bonds is 6. The average molecular weight is 180 g/mol. The summed E-state index contributed by atoms with van der Waals surface area (Å²) in [5.41, 5.74) is 0. The predicted octanol–water partition coefficient (Wildman–Crippen LogP) is 3.35. The summed E-state index contributed by atoms with van der Waals surface area (Å²) >= 11 is 0. The highest BCUT2D eigenvalue weighted by Gasteiger charge is 2.39. The van der Waals surface area contributed by atoms with Crippen molar-refractivity contribution in [3.8, 4) is 0 Å². The molecule has 0 radical (unpaired) electrons. The van der Waals surface area contributed by atoms with Gasteiger partial charge in [-0.2, -0.15) is 0 Å². The molecule has 1 saturated carbocycles. The molecule has 0 saturated heterocycles. The maximum Gasteiger partial charge on any atom is 0.136 e. The minimum atomic E-state index is 0.382. The number of hydrogen-bond donors (Lipinski definition) is 0. The molecular formula is C12H20O. The third-order valence-electron chi connectivity index (χ3n) is 2.72. The summed E-state index contributed by atoms with van der Waals surface area (Å²) in [6.07, 6.45) is 9.64. The first kappa shape index (κ1) is 10.5. The first-order valence-electron chi connectivity index (χ1n) is 5.45. The van der Waals surface area contributed by atoms with Crippen LogP contribution in [-0.4, -0.2) is 5.78 Å². The zero-order chi connectivity index (χ0) is 9.68. The van der Waals surface area contributed by atoms with E-state index in [9.17, 15) is 4.79 Å². The Morgan fingerprint density at radius 3 is 2.85 bits per heavy atom. The molecule has 0 bridgehead atoms. The summed E-state index contributed by atoms with van der Waals surface area (Å²) in [5.74, 6) is 1.46. The topological polar surface area (TPSA) is 17.1 Å². The van der Waals surface area contributed by atoms with Crippen molar-refractivity contribution in [2.24, 2.45) is 11.8 Å². The van der Waals surface area contributed by atoms with Crippen LogP contribution in [0.15, 0.2) is 12.2 Å². The lowest BCUT2D eigenvalue weighted by Crippen LogP contribution is -2.01. The Balaban J connectivity index is 2.12. The van der Waals surface area contributed by atoms with Gasteiger partial charge in [-0.1, -0.05) is 31.9 Å². The molecule has 1 aliphatic rings. The highest BCUT2D eigenvalue weighted by molar-refractivity contribution is 5.84. The SMILES string of the molecule is C/C=C/[C@H]1C[C@@H]1C(=O)CCCCC. The summed E-state index contributed by atoms with van der Waals surface area (Å²) in [6, 6.07) is 0. The molecular weight excluding hydrogens is 160 g/mol. The van der Waals surface area contributed by atoms with E-state index in [1.165, 1.54) is 12.8 Å². The van der Waals surface area contributed by atoms with E-state index < -0.39 is 0 Å². The third-order valence-corrected chi connectivity index (χ3v) is 2.72. The van der Waals surface area contributed by atoms with Gasteiger partial charge in [-0.05, 0) is 25.7 Å². The Labute approximate surface area is 81.2 Å². The van der Waals surface area contributed by atoms with Crippen molar-refractivity contribution in [3.63, 3.8) is 0 Å². The lowest BCUT2D eigenvalue weighted by Gasteiger charge is -1.97. The van der Waals surface area contributed by atoms with Gasteiger partial charge in [0.2, 0.25) is 0 Å². The van der Waals surface area contributed by atoms with Crippen LogP contribution >= 0.6 is 0 Å². The maximum absolute atomic E-state index is 11.5. The first-order valence-corrected chi connectivity index (χ1v) is 5.45. The van der Waals surface area contributed by atoms with Crippen molar-refractivity contribution in [2.45, 2.75) is 46.0 Å². The second kappa shape index (κ2) is 5.21. The Hall–Kier alpha value is -0.590. The van der Waals surface area contributed by atoms with Crippen molar-refractivity contribution in [1.82, 2.24) is 0 Å². The first-order chi connectivity index (χ1) is 6.29. The number of carbonyl (C=O) groups excluding carboxylic acids is 1. The number of unbranched alkanes of at least 4 members (excludes halogenated alkanes) is 2. The molecule has 2 atom stereocenters. The van der Waals surface area contributed by atoms with Gasteiger partial charge in [0, 0.05) is 12.3 Å². The highest BCUT2D eigenvalue weighted by atomic mass is 16.1. The van der Waals surface area contributed by atoms with Crippen LogP contribution < -0.4 is 0 Å². The number of hydrogen-bond acceptors (Lipinski definition) is 1. The molecule has 1 fully saturated rings. The number of Topliss-reactive ketones (excluding diaryl/α,β-unsaturated/α-hetero) is 1. The molecule has 0 N–H and O–H groups in total. The van der Waals surface area contributed by atoms with Crippen molar-refractivity contribution in [3.05, 3.63) is 12.2 Å². The second-order valence-electron chi connectivity index (χ2n) is 3.96. The van der Waals surface area contributed by atoms with Crippen molar-refractivity contribution in [1.29, 1.82) is 0 Å². The molecule has 0 spiro atoms. The van der Waals surface area contributed by atoms with Gasteiger partial charge in [-0.25, -0.2) is 0 Å². The van der Waals surface area contributed by atoms with Crippen LogP contribution in [0.4, 0.5) is 0 Å². The van der Waals surface area contributed by atoms with Gasteiger partial charge in [-0.15, -0.1) is 0 Å². The van der Waals surface area contributed by atoms with Crippen molar-refractivity contribution >= 4 is 5.78 Å². The zero-order valence-corrected chi connectivity index (χ0v) is 8.75. The Bertz CT molecular complexity index is 193. The minimum Gasteiger partial charge on any atom is -0.299 e. The van der Waals surface area contributed by atoms with E-state index in [-0.39, 0.29) is 0 Å². The third kappa shape index (κ3) is 3.33. The summed E-state index contributed by atoms with van der Waals surface area (Å²) in [6.45, 7) is 4.20. The molecule has 0 aromatic heterocycles. The second-order valence-corrected chi connectivity index (χ2v) is 3.96. The quantitative estimate of drug-likeness (QED) is 0.452. The summed E-state index contributed by atoms with van der Waals surface area (Å²) in [5, 5.41) is 0. The van der Waals surface area contributed by atoms with Crippen LogP contribution in [0.1, 0.15) is 46.0 Å². The zero-order valence-electron chi connectivity index (χ0n) is 8.75. The summed E-state index contributed by atoms with van der Waals surface area (Å²) < 4.78 is 0. The van der Waals surface area contributed by atoms with Gasteiger partial charge in [0.25, 0.3) is 0 Å². The van der Waals surface area contributed by atoms with E-state index in [0.29, 0.717) is 17.6 Å². The minimum absolute atomic E-state index is 0.382. The molecule has 0 aliphatic heterocycles. The van der Waals surface area contributed by atoms with E-state index in [4.69, 9.17) is 0 Å². The smallest absolute Gasteiger partial charge is 0.136 e. The molecule has 13 heavy (non-hydrogen) atoms. The van der Waals surface area contributed by atoms with Crippen molar-refractivity contribution < 1.29 is 4.79 Å². The van der Waals surface area contributed by atoms with E-state index in [0.717, 1.165) is 19.3 Å². The monoisotopic (exact) mass is 180 g/mol. The van der Waals surface area contributed by atoms with E-state index in [1.807, 2.05) is 6.92 Å². The fourth-order valence-electron chi connectivity index (χ4n) is 1.78. The summed E-state index contributed by atoms with van der Waals surface area (Å²) in [4.78, 5) is 11.5. The van der Waals surface area contributed by atoms with Gasteiger partial charge in [0.1, 0.15) is 5.78 Å². The van der Waals surface area contributed by atoms with E-state index in [2.05, 4.69) is 19.1 Å². The molecule has 0 aromatic rings. The average Bonchev–Trinajstić information content (AvgIpc) is 2.85. The van der Waals surface area contributed by atoms with E-state index >= 15 is 0 Å². The predicted molar refractivity (Wildman–Crippen MR) is 55.6 cm³/mol. The highest BCUT2D eigenvalue weighted by Crippen LogP contribution is 2.41. The van der Waals surface area contributed by atoms with Gasteiger partial charge < -0.3 is 0 Å². The number of ketones is 1. The van der Waals surface area contributed by atoms with Crippen LogP contribution in [0.3, 0.4) is 0 Å². The molecule has 0 aromatic carbocycles. The van der Waals surface area contributed by atoms with Gasteiger partial charge in [-0.3, -0.25) is 4.79 Å². The Morgan fingerprint density at radius 2 is 2.23 bits per heavy atom. The van der Waals surface area contributed by atoms with Crippen LogP contribution in [0, 0.1) is 11.8 Å². The van der Waals surface area contributed by atoms with Crippen LogP contribution in [-0.2, 0) is 4.79 Å². The molecule has 0 heterocycles. The Kier molecular flexibility index (Phi) is 4.20. The standard InChI is InChI=1S/C12H20O/c1-3-5-6-8-12(13)11-9-10(11)7-4-2/h4,7,10-11H,3,5-6,8-9H2,1-2H3/b7-4+/t10-,11-/m0/s1. The molecule has 1 heteroatoms. The lowest BCUT2D eigenvalue weighted by atomic mass is 10.1. The molecule has 74 valence electrons. The van der Waals surface area contributed by atoms with Crippen LogP contribution in [0.25, 0.3) is 0 Å². The van der Waals surface area contributed by atoms with Crippen LogP contribution in [0.5, 0.6) is 0 Å².